The van der Waals surface area contributed by atoms with Gasteiger partial charge in [-0.25, -0.2) is 0 Å². The summed E-state index contributed by atoms with van der Waals surface area (Å²) in [7, 11) is 0. The van der Waals surface area contributed by atoms with E-state index in [2.05, 4.69) is 4.98 Å². The molecule has 3 heteroatoms. The van der Waals surface area contributed by atoms with E-state index < -0.39 is 0 Å². The number of hydrogen-bond acceptors (Lipinski definition) is 2. The predicted octanol–water partition coefficient (Wildman–Crippen LogP) is 2.10. The van der Waals surface area contributed by atoms with Crippen LogP contribution in [0.2, 0.25) is 5.02 Å². The fraction of sp³-hybridized carbons (Fsp3) is 0.222. The van der Waals surface area contributed by atoms with Gasteiger partial charge in [-0.1, -0.05) is 17.7 Å². The van der Waals surface area contributed by atoms with E-state index in [1.165, 1.54) is 0 Å². The summed E-state index contributed by atoms with van der Waals surface area (Å²) >= 11 is 5.86. The predicted molar refractivity (Wildman–Crippen MR) is 52.0 cm³/mol. The van der Waals surface area contributed by atoms with Crippen molar-refractivity contribution in [3.8, 4) is 0 Å². The molecule has 1 aromatic rings. The molecule has 0 fully saturated rings. The molecule has 0 aliphatic heterocycles. The Morgan fingerprint density at radius 1 is 1.58 bits per heavy atom. The summed E-state index contributed by atoms with van der Waals surface area (Å²) < 4.78 is 0. The van der Waals surface area contributed by atoms with Gasteiger partial charge in [0.1, 0.15) is 0 Å². The quantitative estimate of drug-likeness (QED) is 0.778. The second-order valence-corrected chi connectivity index (χ2v) is 2.76. The Morgan fingerprint density at radius 2 is 2.42 bits per heavy atom. The van der Waals surface area contributed by atoms with Crippen LogP contribution in [0.15, 0.2) is 24.4 Å². The SMILES string of the molecule is NCCC=Cc1ncccc1Cl. The van der Waals surface area contributed by atoms with E-state index in [1.807, 2.05) is 24.3 Å². The summed E-state index contributed by atoms with van der Waals surface area (Å²) in [5.41, 5.74) is 6.12. The van der Waals surface area contributed by atoms with E-state index in [0.717, 1.165) is 12.1 Å². The van der Waals surface area contributed by atoms with Gasteiger partial charge >= 0.3 is 0 Å². The molecule has 64 valence electrons. The first-order chi connectivity index (χ1) is 5.84. The lowest BCUT2D eigenvalue weighted by Crippen LogP contribution is -1.95. The van der Waals surface area contributed by atoms with Gasteiger partial charge in [-0.2, -0.15) is 0 Å². The number of rotatable bonds is 3. The lowest BCUT2D eigenvalue weighted by molar-refractivity contribution is 1.01. The van der Waals surface area contributed by atoms with E-state index in [9.17, 15) is 0 Å². The van der Waals surface area contributed by atoms with Crippen LogP contribution >= 0.6 is 11.6 Å². The maximum Gasteiger partial charge on any atom is 0.0812 e. The van der Waals surface area contributed by atoms with Gasteiger partial charge < -0.3 is 5.73 Å². The molecule has 2 N–H and O–H groups in total. The number of nitrogens with zero attached hydrogens (tertiary/aromatic N) is 1. The first-order valence-corrected chi connectivity index (χ1v) is 4.19. The fourth-order valence-corrected chi connectivity index (χ4v) is 0.996. The molecule has 0 amide bonds. The molecule has 1 aromatic heterocycles. The van der Waals surface area contributed by atoms with Crippen LogP contribution in [0.1, 0.15) is 12.1 Å². The molecule has 0 bridgehead atoms. The maximum absolute atomic E-state index is 5.86. The van der Waals surface area contributed by atoms with Crippen LogP contribution in [0, 0.1) is 0 Å². The average molecular weight is 183 g/mol. The highest BCUT2D eigenvalue weighted by molar-refractivity contribution is 6.31. The molecule has 0 unspecified atom stereocenters. The Bertz CT molecular complexity index is 271. The third kappa shape index (κ3) is 2.64. The summed E-state index contributed by atoms with van der Waals surface area (Å²) in [6.07, 6.45) is 6.42. The van der Waals surface area contributed by atoms with Crippen LogP contribution in [-0.4, -0.2) is 11.5 Å². The van der Waals surface area contributed by atoms with Crippen molar-refractivity contribution in [1.29, 1.82) is 0 Å². The van der Waals surface area contributed by atoms with Crippen molar-refractivity contribution < 1.29 is 0 Å². The Balaban J connectivity index is 2.68. The van der Waals surface area contributed by atoms with Gasteiger partial charge in [0, 0.05) is 6.20 Å². The largest absolute Gasteiger partial charge is 0.330 e. The summed E-state index contributed by atoms with van der Waals surface area (Å²) in [4.78, 5) is 4.09. The van der Waals surface area contributed by atoms with Gasteiger partial charge in [-0.05, 0) is 31.2 Å². The third-order valence-corrected chi connectivity index (χ3v) is 1.72. The number of halogens is 1. The zero-order valence-electron chi connectivity index (χ0n) is 6.70. The van der Waals surface area contributed by atoms with Crippen LogP contribution < -0.4 is 5.73 Å². The smallest absolute Gasteiger partial charge is 0.0812 e. The van der Waals surface area contributed by atoms with E-state index >= 15 is 0 Å². The second-order valence-electron chi connectivity index (χ2n) is 2.35. The van der Waals surface area contributed by atoms with Gasteiger partial charge in [0.25, 0.3) is 0 Å². The minimum Gasteiger partial charge on any atom is -0.330 e. The Hall–Kier alpha value is -0.860. The highest BCUT2D eigenvalue weighted by Gasteiger charge is 1.93. The van der Waals surface area contributed by atoms with E-state index in [4.69, 9.17) is 17.3 Å². The van der Waals surface area contributed by atoms with Crippen molar-refractivity contribution in [2.45, 2.75) is 6.42 Å². The topological polar surface area (TPSA) is 38.9 Å². The van der Waals surface area contributed by atoms with Crippen LogP contribution in [-0.2, 0) is 0 Å². The maximum atomic E-state index is 5.86. The lowest BCUT2D eigenvalue weighted by Gasteiger charge is -1.94. The molecule has 0 aromatic carbocycles. The molecule has 0 radical (unpaired) electrons. The molecule has 0 saturated heterocycles. The van der Waals surface area contributed by atoms with Crippen molar-refractivity contribution in [3.63, 3.8) is 0 Å². The van der Waals surface area contributed by atoms with Crippen LogP contribution in [0.25, 0.3) is 6.08 Å². The molecule has 0 spiro atoms. The van der Waals surface area contributed by atoms with Crippen LogP contribution in [0.4, 0.5) is 0 Å². The highest BCUT2D eigenvalue weighted by atomic mass is 35.5. The minimum absolute atomic E-state index is 0.654. The van der Waals surface area contributed by atoms with E-state index in [1.54, 1.807) is 6.20 Å². The zero-order chi connectivity index (χ0) is 8.81. The highest BCUT2D eigenvalue weighted by Crippen LogP contribution is 2.13. The lowest BCUT2D eigenvalue weighted by atomic mass is 10.3. The van der Waals surface area contributed by atoms with Crippen molar-refractivity contribution in [2.75, 3.05) is 6.54 Å². The van der Waals surface area contributed by atoms with Gasteiger partial charge in [-0.3, -0.25) is 4.98 Å². The first-order valence-electron chi connectivity index (χ1n) is 3.81. The van der Waals surface area contributed by atoms with Crippen LogP contribution in [0.3, 0.4) is 0 Å². The van der Waals surface area contributed by atoms with E-state index in [0.29, 0.717) is 11.6 Å². The summed E-state index contributed by atoms with van der Waals surface area (Å²) in [5.74, 6) is 0. The number of aromatic nitrogens is 1. The molecule has 0 saturated carbocycles. The molecule has 0 atom stereocenters. The Labute approximate surface area is 77.1 Å². The summed E-state index contributed by atoms with van der Waals surface area (Å²) in [5, 5.41) is 0.672. The van der Waals surface area contributed by atoms with Crippen molar-refractivity contribution in [2.24, 2.45) is 5.73 Å². The molecule has 12 heavy (non-hydrogen) atoms. The van der Waals surface area contributed by atoms with Gasteiger partial charge in [0.2, 0.25) is 0 Å². The molecule has 2 nitrogen and oxygen atoms in total. The summed E-state index contributed by atoms with van der Waals surface area (Å²) in [6, 6.07) is 3.62. The number of pyridine rings is 1. The third-order valence-electron chi connectivity index (χ3n) is 1.40. The molecular formula is C9H11ClN2. The standard InChI is InChI=1S/C9H11ClN2/c10-8-4-3-7-12-9(8)5-1-2-6-11/h1,3-5,7H,2,6,11H2. The molecule has 1 rings (SSSR count). The Kier molecular flexibility index (Phi) is 3.77. The Morgan fingerprint density at radius 3 is 3.08 bits per heavy atom. The number of hydrogen-bond donors (Lipinski definition) is 1. The van der Waals surface area contributed by atoms with Gasteiger partial charge in [-0.15, -0.1) is 0 Å². The molecule has 0 aliphatic rings. The van der Waals surface area contributed by atoms with Crippen molar-refractivity contribution >= 4 is 17.7 Å². The van der Waals surface area contributed by atoms with Gasteiger partial charge in [0.15, 0.2) is 0 Å². The monoisotopic (exact) mass is 182 g/mol. The zero-order valence-corrected chi connectivity index (χ0v) is 7.46. The van der Waals surface area contributed by atoms with Crippen molar-refractivity contribution in [3.05, 3.63) is 35.1 Å². The molecule has 1 heterocycles. The molecule has 0 aliphatic carbocycles. The molecular weight excluding hydrogens is 172 g/mol. The fourth-order valence-electron chi connectivity index (χ4n) is 0.812. The minimum atomic E-state index is 0.654. The van der Waals surface area contributed by atoms with Crippen molar-refractivity contribution in [1.82, 2.24) is 4.98 Å². The van der Waals surface area contributed by atoms with E-state index in [-0.39, 0.29) is 0 Å². The first kappa shape index (κ1) is 9.23. The number of nitrogens with two attached hydrogens (primary N) is 1. The van der Waals surface area contributed by atoms with Crippen LogP contribution in [0.5, 0.6) is 0 Å². The normalized spacial score (nSPS) is 10.8. The van der Waals surface area contributed by atoms with Gasteiger partial charge in [0.05, 0.1) is 10.7 Å². The average Bonchev–Trinajstić information content (AvgIpc) is 2.09. The second kappa shape index (κ2) is 4.91. The summed E-state index contributed by atoms with van der Waals surface area (Å²) in [6.45, 7) is 0.654.